The zero-order chi connectivity index (χ0) is 15.9. The van der Waals surface area contributed by atoms with E-state index in [1.54, 1.807) is 19.2 Å². The molecule has 0 fully saturated rings. The first-order chi connectivity index (χ1) is 9.93. The van der Waals surface area contributed by atoms with Gasteiger partial charge in [-0.1, -0.05) is 39.0 Å². The van der Waals surface area contributed by atoms with E-state index in [2.05, 4.69) is 5.32 Å². The lowest BCUT2D eigenvalue weighted by atomic mass is 10.2. The Balaban J connectivity index is 3.06. The molecule has 0 heterocycles. The SMILES string of the molecule is CCN(CCOC)S(=O)(=O)c1ccccc1CNC(C)C. The van der Waals surface area contributed by atoms with Crippen LogP contribution < -0.4 is 5.32 Å². The number of benzene rings is 1. The Kier molecular flexibility index (Phi) is 7.31. The van der Waals surface area contributed by atoms with Crippen LogP contribution in [0.25, 0.3) is 0 Å². The molecule has 21 heavy (non-hydrogen) atoms. The van der Waals surface area contributed by atoms with E-state index in [-0.39, 0.29) is 0 Å². The van der Waals surface area contributed by atoms with Gasteiger partial charge >= 0.3 is 0 Å². The molecule has 0 amide bonds. The van der Waals surface area contributed by atoms with Gasteiger partial charge in [-0.2, -0.15) is 4.31 Å². The van der Waals surface area contributed by atoms with Crippen LogP contribution >= 0.6 is 0 Å². The van der Waals surface area contributed by atoms with Gasteiger partial charge in [0, 0.05) is 32.8 Å². The van der Waals surface area contributed by atoms with Crippen molar-refractivity contribution in [2.24, 2.45) is 0 Å². The van der Waals surface area contributed by atoms with Crippen LogP contribution in [-0.2, 0) is 21.3 Å². The van der Waals surface area contributed by atoms with Crippen molar-refractivity contribution in [3.05, 3.63) is 29.8 Å². The first-order valence-electron chi connectivity index (χ1n) is 7.23. The van der Waals surface area contributed by atoms with Crippen molar-refractivity contribution in [3.63, 3.8) is 0 Å². The van der Waals surface area contributed by atoms with E-state index < -0.39 is 10.0 Å². The maximum absolute atomic E-state index is 12.8. The highest BCUT2D eigenvalue weighted by Crippen LogP contribution is 2.20. The van der Waals surface area contributed by atoms with Gasteiger partial charge in [0.2, 0.25) is 10.0 Å². The van der Waals surface area contributed by atoms with Gasteiger partial charge in [0.25, 0.3) is 0 Å². The predicted molar refractivity (Wildman–Crippen MR) is 84.7 cm³/mol. The summed E-state index contributed by atoms with van der Waals surface area (Å²) < 4.78 is 32.0. The van der Waals surface area contributed by atoms with Gasteiger partial charge in [-0.05, 0) is 11.6 Å². The number of sulfonamides is 1. The minimum absolute atomic E-state index is 0.302. The molecule has 1 aromatic carbocycles. The third-order valence-electron chi connectivity index (χ3n) is 3.19. The van der Waals surface area contributed by atoms with Crippen LogP contribution in [0.2, 0.25) is 0 Å². The van der Waals surface area contributed by atoms with Crippen LogP contribution in [0.3, 0.4) is 0 Å². The quantitative estimate of drug-likeness (QED) is 0.755. The highest BCUT2D eigenvalue weighted by atomic mass is 32.2. The second kappa shape index (κ2) is 8.48. The van der Waals surface area contributed by atoms with E-state index in [1.807, 2.05) is 32.9 Å². The summed E-state index contributed by atoms with van der Waals surface area (Å²) in [5.41, 5.74) is 0.794. The molecule has 0 aromatic heterocycles. The Hall–Kier alpha value is -0.950. The second-order valence-electron chi connectivity index (χ2n) is 5.13. The fourth-order valence-corrected chi connectivity index (χ4v) is 3.65. The molecule has 0 aliphatic heterocycles. The normalized spacial score (nSPS) is 12.3. The zero-order valence-corrected chi connectivity index (χ0v) is 14.1. The third-order valence-corrected chi connectivity index (χ3v) is 5.26. The number of likely N-dealkylation sites (N-methyl/N-ethyl adjacent to an activating group) is 1. The van der Waals surface area contributed by atoms with E-state index in [4.69, 9.17) is 4.74 Å². The Morgan fingerprint density at radius 1 is 1.29 bits per heavy atom. The minimum atomic E-state index is -3.49. The average Bonchev–Trinajstić information content (AvgIpc) is 2.46. The Bertz CT molecular complexity index is 529. The van der Waals surface area contributed by atoms with Crippen molar-refractivity contribution in [2.45, 2.75) is 38.3 Å². The van der Waals surface area contributed by atoms with Crippen LogP contribution in [0.1, 0.15) is 26.3 Å². The molecule has 6 heteroatoms. The third kappa shape index (κ3) is 5.07. The molecule has 0 atom stereocenters. The van der Waals surface area contributed by atoms with Crippen molar-refractivity contribution in [3.8, 4) is 0 Å². The van der Waals surface area contributed by atoms with Gasteiger partial charge < -0.3 is 10.1 Å². The van der Waals surface area contributed by atoms with Crippen molar-refractivity contribution in [1.29, 1.82) is 0 Å². The lowest BCUT2D eigenvalue weighted by molar-refractivity contribution is 0.180. The van der Waals surface area contributed by atoms with Gasteiger partial charge in [-0.25, -0.2) is 8.42 Å². The molecule has 1 rings (SSSR count). The highest BCUT2D eigenvalue weighted by molar-refractivity contribution is 7.89. The van der Waals surface area contributed by atoms with Crippen LogP contribution in [0.15, 0.2) is 29.2 Å². The highest BCUT2D eigenvalue weighted by Gasteiger charge is 2.25. The maximum Gasteiger partial charge on any atom is 0.243 e. The molecule has 1 N–H and O–H groups in total. The summed E-state index contributed by atoms with van der Waals surface area (Å²) in [5, 5.41) is 3.27. The largest absolute Gasteiger partial charge is 0.383 e. The maximum atomic E-state index is 12.8. The van der Waals surface area contributed by atoms with E-state index in [1.165, 1.54) is 4.31 Å². The summed E-state index contributed by atoms with van der Waals surface area (Å²) in [6, 6.07) is 7.45. The van der Waals surface area contributed by atoms with Crippen LogP contribution in [0.5, 0.6) is 0 Å². The molecule has 0 spiro atoms. The van der Waals surface area contributed by atoms with Crippen molar-refractivity contribution in [2.75, 3.05) is 26.8 Å². The molecule has 0 aliphatic rings. The zero-order valence-electron chi connectivity index (χ0n) is 13.3. The lowest BCUT2D eigenvalue weighted by Crippen LogP contribution is -2.34. The van der Waals surface area contributed by atoms with Gasteiger partial charge in [-0.15, -0.1) is 0 Å². The van der Waals surface area contributed by atoms with Gasteiger partial charge in [0.05, 0.1) is 11.5 Å². The molecule has 0 unspecified atom stereocenters. The summed E-state index contributed by atoms with van der Waals surface area (Å²) in [4.78, 5) is 0.371. The van der Waals surface area contributed by atoms with E-state index >= 15 is 0 Å². The Morgan fingerprint density at radius 2 is 1.95 bits per heavy atom. The smallest absolute Gasteiger partial charge is 0.243 e. The molecule has 0 radical (unpaired) electrons. The van der Waals surface area contributed by atoms with Gasteiger partial charge in [-0.3, -0.25) is 0 Å². The van der Waals surface area contributed by atoms with Crippen LogP contribution in [-0.4, -0.2) is 45.6 Å². The summed E-state index contributed by atoms with van der Waals surface area (Å²) in [5.74, 6) is 0. The Morgan fingerprint density at radius 3 is 2.52 bits per heavy atom. The topological polar surface area (TPSA) is 58.6 Å². The minimum Gasteiger partial charge on any atom is -0.383 e. The summed E-state index contributed by atoms with van der Waals surface area (Å²) >= 11 is 0. The molecular weight excluding hydrogens is 288 g/mol. The van der Waals surface area contributed by atoms with Crippen molar-refractivity contribution < 1.29 is 13.2 Å². The molecule has 1 aromatic rings. The molecule has 0 saturated carbocycles. The summed E-state index contributed by atoms with van der Waals surface area (Å²) in [6.45, 7) is 7.62. The van der Waals surface area contributed by atoms with Gasteiger partial charge in [0.15, 0.2) is 0 Å². The molecular formula is C15H26N2O3S. The standard InChI is InChI=1S/C15H26N2O3S/c1-5-17(10-11-20-4)21(18,19)15-9-7-6-8-14(15)12-16-13(2)3/h6-9,13,16H,5,10-12H2,1-4H3. The number of hydrogen-bond donors (Lipinski definition) is 1. The van der Waals surface area contributed by atoms with Crippen LogP contribution in [0.4, 0.5) is 0 Å². The fourth-order valence-electron chi connectivity index (χ4n) is 2.00. The number of rotatable bonds is 9. The number of nitrogens with one attached hydrogen (secondary N) is 1. The van der Waals surface area contributed by atoms with E-state index in [0.717, 1.165) is 5.56 Å². The monoisotopic (exact) mass is 314 g/mol. The number of ether oxygens (including phenoxy) is 1. The van der Waals surface area contributed by atoms with Crippen molar-refractivity contribution in [1.82, 2.24) is 9.62 Å². The molecule has 0 bridgehead atoms. The Labute approximate surface area is 128 Å². The fraction of sp³-hybridized carbons (Fsp3) is 0.600. The van der Waals surface area contributed by atoms with Crippen molar-refractivity contribution >= 4 is 10.0 Å². The van der Waals surface area contributed by atoms with E-state index in [9.17, 15) is 8.42 Å². The predicted octanol–water partition coefficient (Wildman–Crippen LogP) is 1.84. The number of nitrogens with zero attached hydrogens (tertiary/aromatic N) is 1. The molecule has 0 aliphatic carbocycles. The average molecular weight is 314 g/mol. The first-order valence-corrected chi connectivity index (χ1v) is 8.67. The second-order valence-corrected chi connectivity index (χ2v) is 7.04. The lowest BCUT2D eigenvalue weighted by Gasteiger charge is -2.22. The first kappa shape index (κ1) is 18.1. The van der Waals surface area contributed by atoms with Gasteiger partial charge in [0.1, 0.15) is 0 Å². The van der Waals surface area contributed by atoms with E-state index in [0.29, 0.717) is 37.2 Å². The summed E-state index contributed by atoms with van der Waals surface area (Å²) in [6.07, 6.45) is 0. The molecule has 0 saturated heterocycles. The molecule has 5 nitrogen and oxygen atoms in total. The molecule has 120 valence electrons. The summed E-state index contributed by atoms with van der Waals surface area (Å²) in [7, 11) is -1.92. The number of methoxy groups -OCH3 is 1. The van der Waals surface area contributed by atoms with Crippen LogP contribution in [0, 0.1) is 0 Å². The number of hydrogen-bond acceptors (Lipinski definition) is 4.